The van der Waals surface area contributed by atoms with Gasteiger partial charge in [0.15, 0.2) is 0 Å². The summed E-state index contributed by atoms with van der Waals surface area (Å²) in [6.07, 6.45) is 18.4. The third kappa shape index (κ3) is 4.33. The molecule has 6 nitrogen and oxygen atoms in total. The minimum atomic E-state index is -3.66. The highest BCUT2D eigenvalue weighted by Crippen LogP contribution is 2.41. The summed E-state index contributed by atoms with van der Waals surface area (Å²) in [5.41, 5.74) is 2.48. The number of nitrogens with zero attached hydrogens (tertiary/aromatic N) is 3. The van der Waals surface area contributed by atoms with Gasteiger partial charge in [-0.05, 0) is 74.2 Å². The smallest absolute Gasteiger partial charge is 0.263 e. The Morgan fingerprint density at radius 1 is 1.13 bits per heavy atom. The predicted molar refractivity (Wildman–Crippen MR) is 124 cm³/mol. The fourth-order valence-electron chi connectivity index (χ4n) is 5.38. The lowest BCUT2D eigenvalue weighted by Crippen LogP contribution is -2.46. The summed E-state index contributed by atoms with van der Waals surface area (Å²) in [6.45, 7) is 1.13. The molecule has 0 spiro atoms. The molecule has 1 aliphatic heterocycles. The fraction of sp³-hybridized carbons (Fsp3) is 0.478. The van der Waals surface area contributed by atoms with E-state index in [9.17, 15) is 8.42 Å². The second kappa shape index (κ2) is 8.84. The van der Waals surface area contributed by atoms with Crippen LogP contribution >= 0.6 is 11.5 Å². The summed E-state index contributed by atoms with van der Waals surface area (Å²) >= 11 is 1.04. The Bertz CT molecular complexity index is 1080. The highest BCUT2D eigenvalue weighted by atomic mass is 32.2. The van der Waals surface area contributed by atoms with Crippen molar-refractivity contribution in [2.24, 2.45) is 5.92 Å². The molecule has 3 atom stereocenters. The number of hydrogen-bond acceptors (Lipinski definition) is 6. The number of aromatic nitrogens is 2. The minimum Gasteiger partial charge on any atom is -0.293 e. The van der Waals surface area contributed by atoms with Crippen LogP contribution in [-0.2, 0) is 16.4 Å². The molecule has 5 rings (SSSR count). The Balaban J connectivity index is 1.42. The molecule has 0 amide bonds. The lowest BCUT2D eigenvalue weighted by molar-refractivity contribution is 0.0599. The Hall–Kier alpha value is -2.03. The zero-order valence-corrected chi connectivity index (χ0v) is 19.1. The van der Waals surface area contributed by atoms with E-state index in [1.807, 2.05) is 6.07 Å². The van der Waals surface area contributed by atoms with Gasteiger partial charge in [-0.25, -0.2) is 13.4 Å². The first-order valence-electron chi connectivity index (χ1n) is 11.1. The monoisotopic (exact) mass is 456 g/mol. The maximum absolute atomic E-state index is 12.8. The number of benzene rings is 1. The number of rotatable bonds is 5. The molecule has 1 unspecified atom stereocenters. The maximum atomic E-state index is 12.8. The maximum Gasteiger partial charge on any atom is 0.263 e. The highest BCUT2D eigenvalue weighted by Gasteiger charge is 2.36. The molecular formula is C23H28N4O2S2. The van der Waals surface area contributed by atoms with Crippen LogP contribution in [0, 0.1) is 5.92 Å². The number of piperidine rings is 1. The first-order chi connectivity index (χ1) is 15.1. The van der Waals surface area contributed by atoms with E-state index in [1.165, 1.54) is 36.7 Å². The zero-order valence-electron chi connectivity index (χ0n) is 17.5. The standard InChI is InChI=1S/C23H28N4O2S2/c28-31(29,26-23-24-16-25-30-23)19-12-13-20-18(15-19)9-6-11-22(20)27-14-5-4-10-21(27)17-7-2-1-3-8-17/h1-3,7,12-13,15-17,21-22H,4-6,8-11,14H2,(H,24,25,26)/t17?,21-,22+/m1/s1. The van der Waals surface area contributed by atoms with Gasteiger partial charge >= 0.3 is 0 Å². The molecule has 1 N–H and O–H groups in total. The number of anilines is 1. The minimum absolute atomic E-state index is 0.293. The van der Waals surface area contributed by atoms with Crippen molar-refractivity contribution in [2.45, 2.75) is 61.9 Å². The Morgan fingerprint density at radius 3 is 2.87 bits per heavy atom. The van der Waals surface area contributed by atoms with Crippen molar-refractivity contribution in [1.82, 2.24) is 14.3 Å². The normalized spacial score (nSPS) is 26.5. The molecule has 8 heteroatoms. The van der Waals surface area contributed by atoms with Gasteiger partial charge in [0.1, 0.15) is 6.33 Å². The summed E-state index contributed by atoms with van der Waals surface area (Å²) < 4.78 is 32.1. The van der Waals surface area contributed by atoms with Gasteiger partial charge in [-0.3, -0.25) is 9.62 Å². The van der Waals surface area contributed by atoms with Crippen molar-refractivity contribution in [3.05, 3.63) is 60.0 Å². The SMILES string of the molecule is O=S(=O)(Nc1ncns1)c1ccc2c(c1)CCC[C@@H]2N1CCCC[C@@H]1C1C=CC=CC1. The fourth-order valence-corrected chi connectivity index (χ4v) is 7.09. The van der Waals surface area contributed by atoms with E-state index in [0.29, 0.717) is 28.0 Å². The molecule has 0 saturated carbocycles. The molecule has 31 heavy (non-hydrogen) atoms. The van der Waals surface area contributed by atoms with Crippen molar-refractivity contribution in [3.63, 3.8) is 0 Å². The van der Waals surface area contributed by atoms with Crippen LogP contribution in [-0.4, -0.2) is 35.3 Å². The van der Waals surface area contributed by atoms with Crippen LogP contribution in [0.1, 0.15) is 55.7 Å². The summed E-state index contributed by atoms with van der Waals surface area (Å²) in [5, 5.41) is 0.293. The van der Waals surface area contributed by atoms with Crippen LogP contribution in [0.4, 0.5) is 5.13 Å². The first kappa shape index (κ1) is 20.8. The van der Waals surface area contributed by atoms with Crippen LogP contribution in [0.15, 0.2) is 53.7 Å². The lowest BCUT2D eigenvalue weighted by atomic mass is 9.81. The van der Waals surface area contributed by atoms with Crippen molar-refractivity contribution < 1.29 is 8.42 Å². The van der Waals surface area contributed by atoms with Crippen LogP contribution in [0.2, 0.25) is 0 Å². The van der Waals surface area contributed by atoms with Gasteiger partial charge in [0, 0.05) is 23.6 Å². The van der Waals surface area contributed by atoms with Gasteiger partial charge in [-0.2, -0.15) is 4.37 Å². The van der Waals surface area contributed by atoms with Crippen LogP contribution in [0.5, 0.6) is 0 Å². The second-order valence-corrected chi connectivity index (χ2v) is 11.1. The number of fused-ring (bicyclic) bond motifs is 1. The molecule has 1 saturated heterocycles. The zero-order chi connectivity index (χ0) is 21.3. The average Bonchev–Trinajstić information content (AvgIpc) is 3.31. The number of likely N-dealkylation sites (tertiary alicyclic amines) is 1. The van der Waals surface area contributed by atoms with Crippen molar-refractivity contribution in [1.29, 1.82) is 0 Å². The second-order valence-electron chi connectivity index (χ2n) is 8.63. The van der Waals surface area contributed by atoms with E-state index >= 15 is 0 Å². The third-order valence-electron chi connectivity index (χ3n) is 6.79. The van der Waals surface area contributed by atoms with E-state index in [2.05, 4.69) is 49.3 Å². The average molecular weight is 457 g/mol. The highest BCUT2D eigenvalue weighted by molar-refractivity contribution is 7.93. The van der Waals surface area contributed by atoms with Crippen molar-refractivity contribution >= 4 is 26.7 Å². The molecule has 0 bridgehead atoms. The summed E-state index contributed by atoms with van der Waals surface area (Å²) in [4.78, 5) is 6.97. The molecule has 0 radical (unpaired) electrons. The quantitative estimate of drug-likeness (QED) is 0.706. The van der Waals surface area contributed by atoms with Gasteiger partial charge in [0.2, 0.25) is 5.13 Å². The number of allylic oxidation sites excluding steroid dienone is 3. The van der Waals surface area contributed by atoms with Gasteiger partial charge in [0.05, 0.1) is 4.90 Å². The van der Waals surface area contributed by atoms with E-state index in [0.717, 1.165) is 43.8 Å². The van der Waals surface area contributed by atoms with Gasteiger partial charge < -0.3 is 0 Å². The van der Waals surface area contributed by atoms with Gasteiger partial charge in [0.25, 0.3) is 10.0 Å². The van der Waals surface area contributed by atoms with Crippen molar-refractivity contribution in [2.75, 3.05) is 11.3 Å². The predicted octanol–water partition coefficient (Wildman–Crippen LogP) is 4.70. The van der Waals surface area contributed by atoms with Crippen molar-refractivity contribution in [3.8, 4) is 0 Å². The topological polar surface area (TPSA) is 75.2 Å². The molecule has 1 fully saturated rings. The third-order valence-corrected chi connectivity index (χ3v) is 8.84. The number of sulfonamides is 1. The summed E-state index contributed by atoms with van der Waals surface area (Å²) in [7, 11) is -3.66. The van der Waals surface area contributed by atoms with Crippen LogP contribution < -0.4 is 4.72 Å². The molecule has 2 heterocycles. The summed E-state index contributed by atoms with van der Waals surface area (Å²) in [6, 6.07) is 6.61. The van der Waals surface area contributed by atoms with E-state index in [4.69, 9.17) is 0 Å². The Labute approximate surface area is 188 Å². The van der Waals surface area contributed by atoms with Gasteiger partial charge in [-0.1, -0.05) is 36.8 Å². The number of hydrogen-bond donors (Lipinski definition) is 1. The molecule has 2 aromatic rings. The van der Waals surface area contributed by atoms with E-state index < -0.39 is 10.0 Å². The number of nitrogens with one attached hydrogen (secondary N) is 1. The molecule has 164 valence electrons. The first-order valence-corrected chi connectivity index (χ1v) is 13.4. The van der Waals surface area contributed by atoms with E-state index in [1.54, 1.807) is 6.07 Å². The Morgan fingerprint density at radius 2 is 2.06 bits per heavy atom. The molecule has 3 aliphatic rings. The molecule has 1 aromatic heterocycles. The van der Waals surface area contributed by atoms with Crippen LogP contribution in [0.25, 0.3) is 0 Å². The lowest BCUT2D eigenvalue weighted by Gasteiger charge is -2.46. The van der Waals surface area contributed by atoms with Gasteiger partial charge in [-0.15, -0.1) is 0 Å². The largest absolute Gasteiger partial charge is 0.293 e. The molecule has 1 aromatic carbocycles. The molecular weight excluding hydrogens is 428 g/mol. The Kier molecular flexibility index (Phi) is 5.95. The van der Waals surface area contributed by atoms with E-state index in [-0.39, 0.29) is 0 Å². The molecule has 2 aliphatic carbocycles. The van der Waals surface area contributed by atoms with Crippen LogP contribution in [0.3, 0.4) is 0 Å². The number of aryl methyl sites for hydroxylation is 1. The summed E-state index contributed by atoms with van der Waals surface area (Å²) in [5.74, 6) is 0.575.